The lowest BCUT2D eigenvalue weighted by atomic mass is 10.1. The Bertz CT molecular complexity index is 899. The van der Waals surface area contributed by atoms with Gasteiger partial charge < -0.3 is 10.3 Å². The Kier molecular flexibility index (Phi) is 3.93. The van der Waals surface area contributed by atoms with Crippen LogP contribution in [0.4, 0.5) is 10.1 Å². The lowest BCUT2D eigenvalue weighted by Crippen LogP contribution is -2.23. The fourth-order valence-corrected chi connectivity index (χ4v) is 2.54. The van der Waals surface area contributed by atoms with Gasteiger partial charge in [0.25, 0.3) is 11.7 Å². The molecule has 2 aromatic carbocycles. The van der Waals surface area contributed by atoms with Gasteiger partial charge in [-0.15, -0.1) is 0 Å². The Morgan fingerprint density at radius 2 is 1.96 bits per heavy atom. The molecule has 3 aromatic rings. The number of fused-ring (bicyclic) bond motifs is 1. The summed E-state index contributed by atoms with van der Waals surface area (Å²) in [6, 6.07) is 11.4. The highest BCUT2D eigenvalue weighted by molar-refractivity contribution is 6.48. The van der Waals surface area contributed by atoms with E-state index >= 15 is 0 Å². The van der Waals surface area contributed by atoms with Gasteiger partial charge >= 0.3 is 0 Å². The van der Waals surface area contributed by atoms with Gasteiger partial charge in [0, 0.05) is 22.8 Å². The second-order valence-corrected chi connectivity index (χ2v) is 5.19. The van der Waals surface area contributed by atoms with Crippen molar-refractivity contribution in [3.63, 3.8) is 0 Å². The minimum atomic E-state index is -0.712. The number of rotatable bonds is 4. The van der Waals surface area contributed by atoms with Crippen molar-refractivity contribution in [1.82, 2.24) is 4.98 Å². The maximum absolute atomic E-state index is 13.2. The minimum Gasteiger partial charge on any atom is -0.360 e. The van der Waals surface area contributed by atoms with E-state index in [9.17, 15) is 14.0 Å². The summed E-state index contributed by atoms with van der Waals surface area (Å²) < 4.78 is 13.2. The molecule has 23 heavy (non-hydrogen) atoms. The Balaban J connectivity index is 1.88. The molecule has 0 unspecified atom stereocenters. The Morgan fingerprint density at radius 1 is 1.17 bits per heavy atom. The predicted molar refractivity (Wildman–Crippen MR) is 87.0 cm³/mol. The molecule has 2 N–H and O–H groups in total. The zero-order valence-electron chi connectivity index (χ0n) is 12.5. The number of carbonyl (C=O) groups excluding carboxylic acids is 2. The molecule has 1 amide bonds. The van der Waals surface area contributed by atoms with Crippen LogP contribution in [0, 0.1) is 5.82 Å². The number of nitrogens with one attached hydrogen (secondary N) is 2. The monoisotopic (exact) mass is 310 g/mol. The largest absolute Gasteiger partial charge is 0.360 e. The molecular formula is C18H15FN2O2. The Labute approximate surface area is 132 Å². The summed E-state index contributed by atoms with van der Waals surface area (Å²) in [6.45, 7) is 1.97. The van der Waals surface area contributed by atoms with E-state index in [1.165, 1.54) is 24.4 Å². The van der Waals surface area contributed by atoms with E-state index in [4.69, 9.17) is 0 Å². The first-order valence-corrected chi connectivity index (χ1v) is 7.30. The highest BCUT2D eigenvalue weighted by Crippen LogP contribution is 2.21. The minimum absolute atomic E-state index is 0.228. The number of aromatic nitrogens is 1. The van der Waals surface area contributed by atoms with Crippen molar-refractivity contribution in [3.8, 4) is 0 Å². The normalized spacial score (nSPS) is 10.7. The second-order valence-electron chi connectivity index (χ2n) is 5.19. The van der Waals surface area contributed by atoms with Crippen molar-refractivity contribution in [2.45, 2.75) is 13.3 Å². The van der Waals surface area contributed by atoms with Gasteiger partial charge in [-0.1, -0.05) is 25.1 Å². The fourth-order valence-electron chi connectivity index (χ4n) is 2.54. The highest BCUT2D eigenvalue weighted by Gasteiger charge is 2.20. The highest BCUT2D eigenvalue weighted by atomic mass is 19.1. The van der Waals surface area contributed by atoms with Crippen LogP contribution in [0.2, 0.25) is 0 Å². The summed E-state index contributed by atoms with van der Waals surface area (Å²) in [4.78, 5) is 27.4. The number of anilines is 1. The molecule has 1 aromatic heterocycles. The van der Waals surface area contributed by atoms with E-state index in [0.717, 1.165) is 12.0 Å². The standard InChI is InChI=1S/C18H15FN2O2/c1-2-11-5-3-4-6-15(11)21-18(23)17(22)14-10-20-16-9-12(19)7-8-13(14)16/h3-10,20H,2H2,1H3,(H,21,23). The molecule has 1 heterocycles. The molecule has 0 aliphatic rings. The second kappa shape index (κ2) is 6.04. The molecule has 4 nitrogen and oxygen atoms in total. The number of carbonyl (C=O) groups is 2. The first-order valence-electron chi connectivity index (χ1n) is 7.30. The molecule has 0 aliphatic carbocycles. The van der Waals surface area contributed by atoms with Crippen molar-refractivity contribution in [2.75, 3.05) is 5.32 Å². The predicted octanol–water partition coefficient (Wildman–Crippen LogP) is 3.69. The van der Waals surface area contributed by atoms with Gasteiger partial charge in [-0.2, -0.15) is 0 Å². The number of hydrogen-bond acceptors (Lipinski definition) is 2. The SMILES string of the molecule is CCc1ccccc1NC(=O)C(=O)c1c[nH]c2cc(F)ccc12. The average molecular weight is 310 g/mol. The molecule has 116 valence electrons. The van der Waals surface area contributed by atoms with Gasteiger partial charge in [0.15, 0.2) is 0 Å². The van der Waals surface area contributed by atoms with E-state index < -0.39 is 17.5 Å². The smallest absolute Gasteiger partial charge is 0.296 e. The molecule has 0 radical (unpaired) electrons. The molecule has 0 bridgehead atoms. The van der Waals surface area contributed by atoms with Crippen molar-refractivity contribution in [3.05, 3.63) is 65.6 Å². The van der Waals surface area contributed by atoms with Crippen LogP contribution in [0.1, 0.15) is 22.8 Å². The maximum Gasteiger partial charge on any atom is 0.296 e. The van der Waals surface area contributed by atoms with E-state index in [-0.39, 0.29) is 5.56 Å². The number of aryl methyl sites for hydroxylation is 1. The van der Waals surface area contributed by atoms with Crippen LogP contribution >= 0.6 is 0 Å². The number of H-pyrrole nitrogens is 1. The van der Waals surface area contributed by atoms with Gasteiger partial charge in [-0.05, 0) is 36.2 Å². The zero-order chi connectivity index (χ0) is 16.4. The van der Waals surface area contributed by atoms with Gasteiger partial charge in [0.2, 0.25) is 0 Å². The number of benzene rings is 2. The fraction of sp³-hybridized carbons (Fsp3) is 0.111. The number of ketones is 1. The summed E-state index contributed by atoms with van der Waals surface area (Å²) in [7, 11) is 0. The van der Waals surface area contributed by atoms with Crippen LogP contribution in [0.15, 0.2) is 48.7 Å². The molecule has 0 fully saturated rings. The summed E-state index contributed by atoms with van der Waals surface area (Å²) >= 11 is 0. The summed E-state index contributed by atoms with van der Waals surface area (Å²) in [5.41, 5.74) is 2.29. The lowest BCUT2D eigenvalue weighted by molar-refractivity contribution is -0.112. The Morgan fingerprint density at radius 3 is 2.74 bits per heavy atom. The molecule has 0 saturated heterocycles. The summed E-state index contributed by atoms with van der Waals surface area (Å²) in [5.74, 6) is -1.77. The molecule has 0 atom stereocenters. The zero-order valence-corrected chi connectivity index (χ0v) is 12.5. The van der Waals surface area contributed by atoms with Crippen molar-refractivity contribution >= 4 is 28.3 Å². The van der Waals surface area contributed by atoms with Crippen LogP contribution in [0.25, 0.3) is 10.9 Å². The number of amides is 1. The third-order valence-electron chi connectivity index (χ3n) is 3.74. The van der Waals surface area contributed by atoms with Crippen molar-refractivity contribution in [1.29, 1.82) is 0 Å². The van der Waals surface area contributed by atoms with Gasteiger partial charge in [-0.3, -0.25) is 9.59 Å². The first kappa shape index (κ1) is 15.0. The molecule has 3 rings (SSSR count). The van der Waals surface area contributed by atoms with Crippen LogP contribution in [-0.2, 0) is 11.2 Å². The third-order valence-corrected chi connectivity index (χ3v) is 3.74. The topological polar surface area (TPSA) is 62.0 Å². The number of halogens is 1. The number of Topliss-reactive ketones (excluding diaryl/α,β-unsaturated/α-hetero) is 1. The van der Waals surface area contributed by atoms with Gasteiger partial charge in [-0.25, -0.2) is 4.39 Å². The first-order chi connectivity index (χ1) is 11.1. The molecule has 5 heteroatoms. The third kappa shape index (κ3) is 2.85. The van der Waals surface area contributed by atoms with Gasteiger partial charge in [0.1, 0.15) is 5.82 Å². The van der Waals surface area contributed by atoms with Crippen molar-refractivity contribution in [2.24, 2.45) is 0 Å². The summed E-state index contributed by atoms with van der Waals surface area (Å²) in [5, 5.41) is 3.17. The number of aromatic amines is 1. The molecule has 0 saturated carbocycles. The van der Waals surface area contributed by atoms with Gasteiger partial charge in [0.05, 0.1) is 5.56 Å². The molecular weight excluding hydrogens is 295 g/mol. The van der Waals surface area contributed by atoms with Crippen LogP contribution in [0.5, 0.6) is 0 Å². The average Bonchev–Trinajstić information content (AvgIpc) is 2.97. The Hall–Kier alpha value is -2.95. The lowest BCUT2D eigenvalue weighted by Gasteiger charge is -2.08. The molecule has 0 spiro atoms. The van der Waals surface area contributed by atoms with Crippen LogP contribution in [-0.4, -0.2) is 16.7 Å². The number of para-hydroxylation sites is 1. The van der Waals surface area contributed by atoms with E-state index in [0.29, 0.717) is 16.6 Å². The van der Waals surface area contributed by atoms with E-state index in [1.807, 2.05) is 19.1 Å². The quantitative estimate of drug-likeness (QED) is 0.570. The number of hydrogen-bond donors (Lipinski definition) is 2. The maximum atomic E-state index is 13.2. The summed E-state index contributed by atoms with van der Waals surface area (Å²) in [6.07, 6.45) is 2.18. The van der Waals surface area contributed by atoms with Crippen LogP contribution in [0.3, 0.4) is 0 Å². The van der Waals surface area contributed by atoms with E-state index in [1.54, 1.807) is 12.1 Å². The van der Waals surface area contributed by atoms with Crippen molar-refractivity contribution < 1.29 is 14.0 Å². The van der Waals surface area contributed by atoms with Crippen LogP contribution < -0.4 is 5.32 Å². The molecule has 0 aliphatic heterocycles. The van der Waals surface area contributed by atoms with E-state index in [2.05, 4.69) is 10.3 Å².